The Kier molecular flexibility index (Phi) is 7.51. The molecule has 1 aromatic rings. The molecule has 0 unspecified atom stereocenters. The van der Waals surface area contributed by atoms with Crippen LogP contribution in [0.25, 0.3) is 0 Å². The van der Waals surface area contributed by atoms with Gasteiger partial charge in [0, 0.05) is 18.0 Å². The fraction of sp³-hybridized carbons (Fsp3) is 0.533. The maximum Gasteiger partial charge on any atom is 0.224 e. The second kappa shape index (κ2) is 8.98. The summed E-state index contributed by atoms with van der Waals surface area (Å²) in [4.78, 5) is 11.7. The molecule has 100 valence electrons. The largest absolute Gasteiger partial charge is 0.326 e. The number of alkyl halides is 1. The molecule has 0 aliphatic rings. The Morgan fingerprint density at radius 2 is 1.78 bits per heavy atom. The lowest BCUT2D eigenvalue weighted by molar-refractivity contribution is -0.116. The SMILES string of the molecule is CCCCCCCC(=O)Nc1ccc(CCl)cc1. The standard InChI is InChI=1S/C15H22ClNO/c1-2-3-4-5-6-7-15(18)17-14-10-8-13(12-16)9-11-14/h8-11H,2-7,12H2,1H3,(H,17,18). The lowest BCUT2D eigenvalue weighted by Gasteiger charge is -2.05. The maximum absolute atomic E-state index is 11.7. The summed E-state index contributed by atoms with van der Waals surface area (Å²) in [6, 6.07) is 7.66. The zero-order valence-electron chi connectivity index (χ0n) is 11.0. The fourth-order valence-corrected chi connectivity index (χ4v) is 1.97. The van der Waals surface area contributed by atoms with E-state index in [2.05, 4.69) is 12.2 Å². The van der Waals surface area contributed by atoms with Gasteiger partial charge in [0.1, 0.15) is 0 Å². The topological polar surface area (TPSA) is 29.1 Å². The lowest BCUT2D eigenvalue weighted by Crippen LogP contribution is -2.10. The van der Waals surface area contributed by atoms with E-state index in [1.54, 1.807) is 0 Å². The van der Waals surface area contributed by atoms with Crippen LogP contribution in [0.4, 0.5) is 5.69 Å². The van der Waals surface area contributed by atoms with Crippen molar-refractivity contribution in [1.82, 2.24) is 0 Å². The molecule has 1 rings (SSSR count). The number of hydrogen-bond acceptors (Lipinski definition) is 1. The smallest absolute Gasteiger partial charge is 0.224 e. The van der Waals surface area contributed by atoms with Gasteiger partial charge >= 0.3 is 0 Å². The third-order valence-corrected chi connectivity index (χ3v) is 3.21. The molecule has 2 nitrogen and oxygen atoms in total. The molecule has 1 amide bonds. The average Bonchev–Trinajstić information content (AvgIpc) is 2.39. The molecule has 0 aliphatic carbocycles. The van der Waals surface area contributed by atoms with Crippen molar-refractivity contribution < 1.29 is 4.79 Å². The van der Waals surface area contributed by atoms with Gasteiger partial charge in [0.05, 0.1) is 0 Å². The van der Waals surface area contributed by atoms with E-state index in [1.165, 1.54) is 19.3 Å². The van der Waals surface area contributed by atoms with Crippen LogP contribution in [-0.2, 0) is 10.7 Å². The van der Waals surface area contributed by atoms with Gasteiger partial charge in [-0.05, 0) is 24.1 Å². The van der Waals surface area contributed by atoms with E-state index in [0.29, 0.717) is 12.3 Å². The van der Waals surface area contributed by atoms with Crippen molar-refractivity contribution in [3.8, 4) is 0 Å². The number of nitrogens with one attached hydrogen (secondary N) is 1. The van der Waals surface area contributed by atoms with Gasteiger partial charge in [-0.15, -0.1) is 11.6 Å². The van der Waals surface area contributed by atoms with E-state index in [-0.39, 0.29) is 5.91 Å². The molecule has 1 N–H and O–H groups in total. The minimum atomic E-state index is 0.102. The molecule has 0 bridgehead atoms. The van der Waals surface area contributed by atoms with Crippen LogP contribution in [-0.4, -0.2) is 5.91 Å². The van der Waals surface area contributed by atoms with Crippen molar-refractivity contribution in [3.63, 3.8) is 0 Å². The van der Waals surface area contributed by atoms with E-state index in [0.717, 1.165) is 24.1 Å². The van der Waals surface area contributed by atoms with Gasteiger partial charge in [-0.1, -0.05) is 44.7 Å². The van der Waals surface area contributed by atoms with Crippen LogP contribution in [0.5, 0.6) is 0 Å². The number of halogens is 1. The molecule has 0 atom stereocenters. The number of anilines is 1. The molecular formula is C15H22ClNO. The molecule has 0 spiro atoms. The number of amides is 1. The van der Waals surface area contributed by atoms with Crippen LogP contribution in [0.15, 0.2) is 24.3 Å². The molecule has 0 aromatic heterocycles. The van der Waals surface area contributed by atoms with E-state index in [9.17, 15) is 4.79 Å². The fourth-order valence-electron chi connectivity index (χ4n) is 1.79. The highest BCUT2D eigenvalue weighted by atomic mass is 35.5. The van der Waals surface area contributed by atoms with Crippen molar-refractivity contribution in [2.45, 2.75) is 51.3 Å². The third-order valence-electron chi connectivity index (χ3n) is 2.90. The second-order valence-corrected chi connectivity index (χ2v) is 4.81. The summed E-state index contributed by atoms with van der Waals surface area (Å²) in [6.07, 6.45) is 6.47. The molecule has 1 aromatic carbocycles. The van der Waals surface area contributed by atoms with Gasteiger partial charge in [0.2, 0.25) is 5.91 Å². The van der Waals surface area contributed by atoms with Crippen LogP contribution in [0.2, 0.25) is 0 Å². The molecule has 0 saturated carbocycles. The van der Waals surface area contributed by atoms with Crippen LogP contribution < -0.4 is 5.32 Å². The first-order chi connectivity index (χ1) is 8.76. The first kappa shape index (κ1) is 15.0. The molecule has 0 saturated heterocycles. The van der Waals surface area contributed by atoms with Gasteiger partial charge in [0.25, 0.3) is 0 Å². The average molecular weight is 268 g/mol. The number of benzene rings is 1. The van der Waals surface area contributed by atoms with Gasteiger partial charge in [-0.25, -0.2) is 0 Å². The predicted octanol–water partition coefficient (Wildman–Crippen LogP) is 4.72. The molecule has 0 aliphatic heterocycles. The maximum atomic E-state index is 11.7. The van der Waals surface area contributed by atoms with Gasteiger partial charge in [0.15, 0.2) is 0 Å². The quantitative estimate of drug-likeness (QED) is 0.536. The van der Waals surface area contributed by atoms with Crippen molar-refractivity contribution in [2.24, 2.45) is 0 Å². The summed E-state index contributed by atoms with van der Waals surface area (Å²) < 4.78 is 0. The minimum absolute atomic E-state index is 0.102. The number of carbonyl (C=O) groups is 1. The normalized spacial score (nSPS) is 10.3. The van der Waals surface area contributed by atoms with Crippen LogP contribution >= 0.6 is 11.6 Å². The number of rotatable bonds is 8. The molecule has 0 heterocycles. The zero-order chi connectivity index (χ0) is 13.2. The first-order valence-corrected chi connectivity index (χ1v) is 7.24. The van der Waals surface area contributed by atoms with Crippen molar-refractivity contribution >= 4 is 23.2 Å². The molecular weight excluding hydrogens is 246 g/mol. The van der Waals surface area contributed by atoms with Gasteiger partial charge in [-0.2, -0.15) is 0 Å². The Hall–Kier alpha value is -1.02. The Bertz CT molecular complexity index is 348. The Balaban J connectivity index is 2.22. The molecule has 3 heteroatoms. The van der Waals surface area contributed by atoms with Crippen LogP contribution in [0.1, 0.15) is 51.0 Å². The number of carbonyl (C=O) groups excluding carboxylic acids is 1. The summed E-state index contributed by atoms with van der Waals surface area (Å²) in [6.45, 7) is 2.19. The predicted molar refractivity (Wildman–Crippen MR) is 78.0 cm³/mol. The van der Waals surface area contributed by atoms with E-state index >= 15 is 0 Å². The monoisotopic (exact) mass is 267 g/mol. The molecule has 18 heavy (non-hydrogen) atoms. The van der Waals surface area contributed by atoms with Crippen LogP contribution in [0, 0.1) is 0 Å². The minimum Gasteiger partial charge on any atom is -0.326 e. The summed E-state index contributed by atoms with van der Waals surface area (Å²) in [7, 11) is 0. The number of hydrogen-bond donors (Lipinski definition) is 1. The van der Waals surface area contributed by atoms with E-state index in [4.69, 9.17) is 11.6 Å². The van der Waals surface area contributed by atoms with Gasteiger partial charge in [-0.3, -0.25) is 4.79 Å². The number of unbranched alkanes of at least 4 members (excludes halogenated alkanes) is 4. The summed E-state index contributed by atoms with van der Waals surface area (Å²) in [5.74, 6) is 0.608. The van der Waals surface area contributed by atoms with Crippen molar-refractivity contribution in [3.05, 3.63) is 29.8 Å². The van der Waals surface area contributed by atoms with Gasteiger partial charge < -0.3 is 5.32 Å². The first-order valence-electron chi connectivity index (χ1n) is 6.71. The summed E-state index contributed by atoms with van der Waals surface area (Å²) in [5, 5.41) is 2.90. The highest BCUT2D eigenvalue weighted by Crippen LogP contribution is 2.12. The molecule has 0 fully saturated rings. The Morgan fingerprint density at radius 1 is 1.11 bits per heavy atom. The van der Waals surface area contributed by atoms with E-state index in [1.807, 2.05) is 24.3 Å². The Labute approximate surface area is 115 Å². The third kappa shape index (κ3) is 6.06. The summed E-state index contributed by atoms with van der Waals surface area (Å²) >= 11 is 5.71. The summed E-state index contributed by atoms with van der Waals surface area (Å²) in [5.41, 5.74) is 1.91. The molecule has 0 radical (unpaired) electrons. The lowest BCUT2D eigenvalue weighted by atomic mass is 10.1. The van der Waals surface area contributed by atoms with Crippen molar-refractivity contribution in [2.75, 3.05) is 5.32 Å². The zero-order valence-corrected chi connectivity index (χ0v) is 11.8. The second-order valence-electron chi connectivity index (χ2n) is 4.54. The van der Waals surface area contributed by atoms with Crippen molar-refractivity contribution in [1.29, 1.82) is 0 Å². The van der Waals surface area contributed by atoms with Crippen LogP contribution in [0.3, 0.4) is 0 Å². The Morgan fingerprint density at radius 3 is 2.39 bits per heavy atom. The van der Waals surface area contributed by atoms with E-state index < -0.39 is 0 Å². The highest BCUT2D eigenvalue weighted by molar-refractivity contribution is 6.17. The highest BCUT2D eigenvalue weighted by Gasteiger charge is 2.02.